The lowest BCUT2D eigenvalue weighted by atomic mass is 10.2. The maximum Gasteiger partial charge on any atom is 0.421 e. The van der Waals surface area contributed by atoms with Crippen molar-refractivity contribution in [3.63, 3.8) is 0 Å². The Morgan fingerprint density at radius 3 is 2.50 bits per heavy atom. The van der Waals surface area contributed by atoms with Crippen LogP contribution in [0.1, 0.15) is 6.92 Å². The molecule has 94 valence electrons. The summed E-state index contributed by atoms with van der Waals surface area (Å²) in [5.74, 6) is -0.283. The maximum absolute atomic E-state index is 11.5. The van der Waals surface area contributed by atoms with E-state index in [4.69, 9.17) is 18.0 Å². The van der Waals surface area contributed by atoms with Gasteiger partial charge < -0.3 is 10.5 Å². The van der Waals surface area contributed by atoms with E-state index in [0.717, 1.165) is 11.4 Å². The van der Waals surface area contributed by atoms with Gasteiger partial charge in [0.2, 0.25) is 0 Å². The molecule has 7 nitrogen and oxygen atoms in total. The van der Waals surface area contributed by atoms with Crippen molar-refractivity contribution in [2.24, 2.45) is 11.7 Å². The Morgan fingerprint density at radius 1 is 1.62 bits per heavy atom. The van der Waals surface area contributed by atoms with E-state index < -0.39 is 16.3 Å². The van der Waals surface area contributed by atoms with Crippen LogP contribution < -0.4 is 10.5 Å². The molecule has 3 N–H and O–H groups in total. The Labute approximate surface area is 100 Å². The van der Waals surface area contributed by atoms with Crippen LogP contribution in [0.2, 0.25) is 0 Å². The van der Waals surface area contributed by atoms with E-state index >= 15 is 0 Å². The average molecular weight is 269 g/mol. The van der Waals surface area contributed by atoms with E-state index in [-0.39, 0.29) is 17.5 Å². The summed E-state index contributed by atoms with van der Waals surface area (Å²) >= 11 is 4.71. The molecule has 0 rings (SSSR count). The zero-order valence-electron chi connectivity index (χ0n) is 9.26. The smallest absolute Gasteiger partial charge is 0.421 e. The van der Waals surface area contributed by atoms with Crippen LogP contribution in [-0.4, -0.2) is 44.5 Å². The third-order valence-electron chi connectivity index (χ3n) is 1.82. The molecule has 0 saturated carbocycles. The molecule has 0 aliphatic heterocycles. The van der Waals surface area contributed by atoms with Crippen molar-refractivity contribution in [3.05, 3.63) is 0 Å². The maximum atomic E-state index is 11.5. The second-order valence-corrected chi connectivity index (χ2v) is 5.43. The highest BCUT2D eigenvalue weighted by Gasteiger charge is 2.23. The molecule has 0 aromatic carbocycles. The predicted octanol–water partition coefficient (Wildman–Crippen LogP) is -0.559. The van der Waals surface area contributed by atoms with E-state index in [0.29, 0.717) is 0 Å². The molecule has 1 atom stereocenters. The van der Waals surface area contributed by atoms with E-state index in [2.05, 4.69) is 4.74 Å². The van der Waals surface area contributed by atoms with Crippen LogP contribution in [0.25, 0.3) is 0 Å². The van der Waals surface area contributed by atoms with Crippen molar-refractivity contribution in [2.75, 3.05) is 20.7 Å². The lowest BCUT2D eigenvalue weighted by Crippen LogP contribution is -2.44. The number of rotatable bonds is 5. The highest BCUT2D eigenvalue weighted by Crippen LogP contribution is 2.02. The Kier molecular flexibility index (Phi) is 5.62. The molecule has 9 heteroatoms. The fourth-order valence-corrected chi connectivity index (χ4v) is 1.74. The molecule has 1 unspecified atom stereocenters. The number of amides is 1. The summed E-state index contributed by atoms with van der Waals surface area (Å²) in [6.07, 6.45) is -1.05. The molecule has 0 spiro atoms. The van der Waals surface area contributed by atoms with Gasteiger partial charge in [-0.05, 0) is 0 Å². The first-order chi connectivity index (χ1) is 7.20. The Morgan fingerprint density at radius 2 is 2.12 bits per heavy atom. The quantitative estimate of drug-likeness (QED) is 0.649. The first-order valence-electron chi connectivity index (χ1n) is 4.32. The van der Waals surface area contributed by atoms with E-state index in [9.17, 15) is 13.2 Å². The van der Waals surface area contributed by atoms with E-state index in [1.807, 2.05) is 0 Å². The van der Waals surface area contributed by atoms with Gasteiger partial charge in [0.15, 0.2) is 0 Å². The number of nitrogens with zero attached hydrogens (tertiary/aromatic N) is 1. The summed E-state index contributed by atoms with van der Waals surface area (Å²) < 4.78 is 29.8. The lowest BCUT2D eigenvalue weighted by molar-refractivity contribution is 0.177. The zero-order valence-corrected chi connectivity index (χ0v) is 10.9. The summed E-state index contributed by atoms with van der Waals surface area (Å²) in [6.45, 7) is 1.77. The summed E-state index contributed by atoms with van der Waals surface area (Å²) in [5.41, 5.74) is 5.35. The van der Waals surface area contributed by atoms with Crippen molar-refractivity contribution < 1.29 is 17.9 Å². The molecule has 0 saturated heterocycles. The second-order valence-electron chi connectivity index (χ2n) is 3.18. The van der Waals surface area contributed by atoms with Crippen molar-refractivity contribution in [1.29, 1.82) is 0 Å². The third-order valence-corrected chi connectivity index (χ3v) is 3.62. The molecular weight excluding hydrogens is 254 g/mol. The fraction of sp³-hybridized carbons (Fsp3) is 0.714. The van der Waals surface area contributed by atoms with Gasteiger partial charge in [-0.15, -0.1) is 0 Å². The van der Waals surface area contributed by atoms with Crippen LogP contribution in [0.15, 0.2) is 0 Å². The van der Waals surface area contributed by atoms with Crippen LogP contribution >= 0.6 is 12.2 Å². The van der Waals surface area contributed by atoms with Crippen LogP contribution in [0.5, 0.6) is 0 Å². The van der Waals surface area contributed by atoms with Crippen molar-refractivity contribution >= 4 is 33.5 Å². The van der Waals surface area contributed by atoms with Gasteiger partial charge >= 0.3 is 16.3 Å². The first kappa shape index (κ1) is 15.1. The van der Waals surface area contributed by atoms with Gasteiger partial charge in [-0.3, -0.25) is 0 Å². The molecular formula is C7H15N3O4S2. The fourth-order valence-electron chi connectivity index (χ4n) is 0.799. The number of hydrogen-bond acceptors (Lipinski definition) is 5. The highest BCUT2D eigenvalue weighted by atomic mass is 32.2. The van der Waals surface area contributed by atoms with Crippen molar-refractivity contribution in [1.82, 2.24) is 9.03 Å². The first-order valence-corrected chi connectivity index (χ1v) is 6.17. The molecule has 0 aliphatic rings. The lowest BCUT2D eigenvalue weighted by Gasteiger charge is -2.20. The topological polar surface area (TPSA) is 102 Å². The molecule has 0 aromatic rings. The molecule has 16 heavy (non-hydrogen) atoms. The normalized spacial score (nSPS) is 13.2. The number of hydrogen-bond donors (Lipinski definition) is 2. The molecule has 0 fully saturated rings. The van der Waals surface area contributed by atoms with Crippen LogP contribution in [0, 0.1) is 5.92 Å². The number of ether oxygens (including phenoxy) is 1. The number of nitrogens with two attached hydrogens (primary N) is 1. The molecule has 0 aromatic heterocycles. The molecule has 1 amide bonds. The SMILES string of the molecule is COC(=O)NS(=O)(=O)N(C)CC(C)C(N)=S. The van der Waals surface area contributed by atoms with Gasteiger partial charge in [-0.1, -0.05) is 19.1 Å². The monoisotopic (exact) mass is 269 g/mol. The molecule has 0 radical (unpaired) electrons. The van der Waals surface area contributed by atoms with Crippen molar-refractivity contribution in [2.45, 2.75) is 6.92 Å². The summed E-state index contributed by atoms with van der Waals surface area (Å²) in [6, 6.07) is 0. The van der Waals surface area contributed by atoms with Gasteiger partial charge in [0.25, 0.3) is 0 Å². The zero-order chi connectivity index (χ0) is 12.9. The van der Waals surface area contributed by atoms with Gasteiger partial charge in [0.05, 0.1) is 12.1 Å². The summed E-state index contributed by atoms with van der Waals surface area (Å²) in [4.78, 5) is 11.0. The van der Waals surface area contributed by atoms with E-state index in [1.165, 1.54) is 7.05 Å². The van der Waals surface area contributed by atoms with Gasteiger partial charge in [0.1, 0.15) is 0 Å². The molecule has 0 heterocycles. The van der Waals surface area contributed by atoms with Gasteiger partial charge in [-0.2, -0.15) is 12.7 Å². The minimum absolute atomic E-state index is 0.0850. The Hall–Kier alpha value is -0.930. The molecule has 0 aliphatic carbocycles. The standard InChI is InChI=1S/C7H15N3O4S2/c1-5(6(8)15)4-10(2)16(12,13)9-7(11)14-3/h5H,4H2,1-3H3,(H2,8,15)(H,9,11). The number of carbonyl (C=O) groups is 1. The molecule has 0 bridgehead atoms. The number of methoxy groups -OCH3 is 1. The average Bonchev–Trinajstić information content (AvgIpc) is 2.16. The Bertz CT molecular complexity index is 368. The largest absolute Gasteiger partial charge is 0.452 e. The van der Waals surface area contributed by atoms with E-state index in [1.54, 1.807) is 11.6 Å². The summed E-state index contributed by atoms with van der Waals surface area (Å²) in [5, 5.41) is 0. The second kappa shape index (κ2) is 5.97. The van der Waals surface area contributed by atoms with Crippen molar-refractivity contribution in [3.8, 4) is 0 Å². The number of thiocarbonyl (C=S) groups is 1. The van der Waals surface area contributed by atoms with Crippen LogP contribution in [0.3, 0.4) is 0 Å². The van der Waals surface area contributed by atoms with Crippen LogP contribution in [0.4, 0.5) is 4.79 Å². The third kappa shape index (κ3) is 4.73. The minimum atomic E-state index is -3.91. The van der Waals surface area contributed by atoms with Gasteiger partial charge in [0, 0.05) is 19.5 Å². The number of nitrogens with one attached hydrogen (secondary N) is 1. The number of carbonyl (C=O) groups excluding carboxylic acids is 1. The predicted molar refractivity (Wildman–Crippen MR) is 63.0 cm³/mol. The van der Waals surface area contributed by atoms with Crippen LogP contribution in [-0.2, 0) is 14.9 Å². The van der Waals surface area contributed by atoms with Gasteiger partial charge in [-0.25, -0.2) is 9.52 Å². The summed E-state index contributed by atoms with van der Waals surface area (Å²) in [7, 11) is -1.53. The Balaban J connectivity index is 4.53. The minimum Gasteiger partial charge on any atom is -0.452 e. The highest BCUT2D eigenvalue weighted by molar-refractivity contribution is 7.87.